The standard InChI is InChI=1S/C23H27F3N2O4S/c1-15-4-9-21(10-19(15)11-22(29)30)33(31,32)28-16(2)12-27(13-17(28)3)14-18-5-7-20(8-6-18)23(24,25)26/h4-10,16-17H,11-14H2,1-3H3,(H,29,30)/t16-,17+. The van der Waals surface area contributed by atoms with Gasteiger partial charge in [-0.15, -0.1) is 0 Å². The summed E-state index contributed by atoms with van der Waals surface area (Å²) in [6.07, 6.45) is -4.65. The zero-order valence-corrected chi connectivity index (χ0v) is 19.4. The van der Waals surface area contributed by atoms with Crippen molar-refractivity contribution in [3.8, 4) is 0 Å². The number of aliphatic carboxylic acids is 1. The molecule has 1 aliphatic rings. The minimum atomic E-state index is -4.39. The second kappa shape index (κ2) is 9.44. The second-order valence-corrected chi connectivity index (χ2v) is 10.4. The molecule has 10 heteroatoms. The van der Waals surface area contributed by atoms with E-state index in [2.05, 4.69) is 0 Å². The van der Waals surface area contributed by atoms with Gasteiger partial charge in [0.15, 0.2) is 0 Å². The Labute approximate surface area is 191 Å². The molecule has 0 bridgehead atoms. The van der Waals surface area contributed by atoms with Crippen LogP contribution in [0.1, 0.15) is 36.1 Å². The van der Waals surface area contributed by atoms with Gasteiger partial charge >= 0.3 is 12.1 Å². The number of alkyl halides is 3. The van der Waals surface area contributed by atoms with Gasteiger partial charge < -0.3 is 5.11 Å². The first-order valence-electron chi connectivity index (χ1n) is 10.5. The maximum atomic E-state index is 13.4. The van der Waals surface area contributed by atoms with Crippen molar-refractivity contribution in [2.75, 3.05) is 13.1 Å². The summed E-state index contributed by atoms with van der Waals surface area (Å²) >= 11 is 0. The van der Waals surface area contributed by atoms with Gasteiger partial charge in [-0.2, -0.15) is 17.5 Å². The normalized spacial score (nSPS) is 20.7. The van der Waals surface area contributed by atoms with Crippen LogP contribution in [0.3, 0.4) is 0 Å². The number of sulfonamides is 1. The number of carbonyl (C=O) groups is 1. The molecule has 0 radical (unpaired) electrons. The van der Waals surface area contributed by atoms with Crippen LogP contribution >= 0.6 is 0 Å². The Hall–Kier alpha value is -2.43. The van der Waals surface area contributed by atoms with Crippen LogP contribution in [0.15, 0.2) is 47.4 Å². The average molecular weight is 485 g/mol. The van der Waals surface area contributed by atoms with Crippen LogP contribution in [-0.4, -0.2) is 53.9 Å². The lowest BCUT2D eigenvalue weighted by atomic mass is 10.1. The molecule has 1 aliphatic heterocycles. The molecular weight excluding hydrogens is 457 g/mol. The maximum Gasteiger partial charge on any atom is 0.416 e. The monoisotopic (exact) mass is 484 g/mol. The summed E-state index contributed by atoms with van der Waals surface area (Å²) < 4.78 is 66.6. The van der Waals surface area contributed by atoms with Crippen molar-refractivity contribution in [3.63, 3.8) is 0 Å². The minimum absolute atomic E-state index is 0.0549. The molecule has 0 amide bonds. The van der Waals surface area contributed by atoms with E-state index >= 15 is 0 Å². The van der Waals surface area contributed by atoms with E-state index in [-0.39, 0.29) is 23.4 Å². The van der Waals surface area contributed by atoms with E-state index in [0.717, 1.165) is 17.7 Å². The molecule has 180 valence electrons. The van der Waals surface area contributed by atoms with E-state index in [1.807, 2.05) is 4.90 Å². The van der Waals surface area contributed by atoms with Crippen molar-refractivity contribution in [2.45, 2.75) is 56.9 Å². The number of rotatable bonds is 6. The molecule has 33 heavy (non-hydrogen) atoms. The molecule has 0 aliphatic carbocycles. The molecule has 1 heterocycles. The number of halogens is 3. The Bertz CT molecular complexity index is 1110. The maximum absolute atomic E-state index is 13.4. The Morgan fingerprint density at radius 3 is 2.15 bits per heavy atom. The fraction of sp³-hybridized carbons (Fsp3) is 0.435. The lowest BCUT2D eigenvalue weighted by Crippen LogP contribution is -2.58. The van der Waals surface area contributed by atoms with Crippen molar-refractivity contribution in [1.82, 2.24) is 9.21 Å². The lowest BCUT2D eigenvalue weighted by molar-refractivity contribution is -0.138. The Balaban J connectivity index is 1.76. The van der Waals surface area contributed by atoms with Gasteiger partial charge in [0, 0.05) is 31.7 Å². The van der Waals surface area contributed by atoms with Crippen molar-refractivity contribution < 1.29 is 31.5 Å². The topological polar surface area (TPSA) is 77.9 Å². The van der Waals surface area contributed by atoms with Gasteiger partial charge in [0.2, 0.25) is 10.0 Å². The Morgan fingerprint density at radius 1 is 1.06 bits per heavy atom. The number of piperazine rings is 1. The molecule has 0 unspecified atom stereocenters. The summed E-state index contributed by atoms with van der Waals surface area (Å²) in [7, 11) is -3.87. The SMILES string of the molecule is Cc1ccc(S(=O)(=O)N2[C@H](C)CN(Cc3ccc(C(F)(F)F)cc3)C[C@@H]2C)cc1CC(=O)O. The molecule has 2 aromatic rings. The van der Waals surface area contributed by atoms with Gasteiger partial charge in [0.05, 0.1) is 16.9 Å². The number of hydrogen-bond acceptors (Lipinski definition) is 4. The van der Waals surface area contributed by atoms with Crippen LogP contribution in [0.2, 0.25) is 0 Å². The van der Waals surface area contributed by atoms with Gasteiger partial charge in [0.25, 0.3) is 0 Å². The molecular formula is C23H27F3N2O4S. The molecule has 1 fully saturated rings. The van der Waals surface area contributed by atoms with Crippen LogP contribution in [0, 0.1) is 6.92 Å². The highest BCUT2D eigenvalue weighted by molar-refractivity contribution is 7.89. The van der Waals surface area contributed by atoms with Crippen LogP contribution in [-0.2, 0) is 34.0 Å². The van der Waals surface area contributed by atoms with Crippen LogP contribution in [0.5, 0.6) is 0 Å². The van der Waals surface area contributed by atoms with Crippen molar-refractivity contribution >= 4 is 16.0 Å². The van der Waals surface area contributed by atoms with E-state index in [4.69, 9.17) is 5.11 Å². The Morgan fingerprint density at radius 2 is 1.64 bits per heavy atom. The number of carboxylic acid groups (broad SMARTS) is 1. The number of benzene rings is 2. The largest absolute Gasteiger partial charge is 0.481 e. The molecule has 2 aromatic carbocycles. The zero-order valence-electron chi connectivity index (χ0n) is 18.6. The summed E-state index contributed by atoms with van der Waals surface area (Å²) in [5.41, 5.74) is 1.17. The van der Waals surface area contributed by atoms with Crippen molar-refractivity contribution in [2.24, 2.45) is 0 Å². The summed E-state index contributed by atoms with van der Waals surface area (Å²) in [5, 5.41) is 9.10. The van der Waals surface area contributed by atoms with Gasteiger partial charge in [0.1, 0.15) is 0 Å². The van der Waals surface area contributed by atoms with E-state index in [9.17, 15) is 26.4 Å². The summed E-state index contributed by atoms with van der Waals surface area (Å²) in [4.78, 5) is 13.2. The van der Waals surface area contributed by atoms with E-state index < -0.39 is 27.7 Å². The third-order valence-electron chi connectivity index (χ3n) is 5.84. The first kappa shape index (κ1) is 25.2. The van der Waals surface area contributed by atoms with E-state index in [1.54, 1.807) is 26.8 Å². The zero-order chi connectivity index (χ0) is 24.6. The lowest BCUT2D eigenvalue weighted by Gasteiger charge is -2.43. The van der Waals surface area contributed by atoms with Gasteiger partial charge in [-0.05, 0) is 61.7 Å². The van der Waals surface area contributed by atoms with Gasteiger partial charge in [-0.25, -0.2) is 8.42 Å². The summed E-state index contributed by atoms with van der Waals surface area (Å²) in [6.45, 7) is 6.56. The number of nitrogens with zero attached hydrogens (tertiary/aromatic N) is 2. The molecule has 1 N–H and O–H groups in total. The smallest absolute Gasteiger partial charge is 0.416 e. The minimum Gasteiger partial charge on any atom is -0.481 e. The summed E-state index contributed by atoms with van der Waals surface area (Å²) in [5.74, 6) is -1.04. The van der Waals surface area contributed by atoms with Crippen molar-refractivity contribution in [3.05, 3.63) is 64.7 Å². The average Bonchev–Trinajstić information content (AvgIpc) is 2.68. The molecule has 0 aromatic heterocycles. The fourth-order valence-corrected chi connectivity index (χ4v) is 6.22. The third kappa shape index (κ3) is 5.74. The first-order valence-corrected chi connectivity index (χ1v) is 12.0. The molecule has 6 nitrogen and oxygen atoms in total. The highest BCUT2D eigenvalue weighted by Crippen LogP contribution is 2.30. The van der Waals surface area contributed by atoms with E-state index in [0.29, 0.717) is 30.8 Å². The molecule has 0 spiro atoms. The molecule has 0 saturated carbocycles. The van der Waals surface area contributed by atoms with Gasteiger partial charge in [-0.1, -0.05) is 18.2 Å². The number of hydrogen-bond donors (Lipinski definition) is 1. The van der Waals surface area contributed by atoms with Crippen LogP contribution < -0.4 is 0 Å². The quantitative estimate of drug-likeness (QED) is 0.673. The fourth-order valence-electron chi connectivity index (χ4n) is 4.36. The number of aryl methyl sites for hydroxylation is 1. The highest BCUT2D eigenvalue weighted by atomic mass is 32.2. The van der Waals surface area contributed by atoms with E-state index in [1.165, 1.54) is 28.6 Å². The van der Waals surface area contributed by atoms with Gasteiger partial charge in [-0.3, -0.25) is 9.69 Å². The summed E-state index contributed by atoms with van der Waals surface area (Å²) in [6, 6.07) is 8.76. The van der Waals surface area contributed by atoms with Crippen LogP contribution in [0.4, 0.5) is 13.2 Å². The predicted octanol–water partition coefficient (Wildman–Crippen LogP) is 3.92. The van der Waals surface area contributed by atoms with Crippen molar-refractivity contribution in [1.29, 1.82) is 0 Å². The highest BCUT2D eigenvalue weighted by Gasteiger charge is 2.38. The third-order valence-corrected chi connectivity index (χ3v) is 7.96. The molecule has 1 saturated heterocycles. The predicted molar refractivity (Wildman–Crippen MR) is 117 cm³/mol. The second-order valence-electron chi connectivity index (χ2n) is 8.58. The number of carboxylic acids is 1. The first-order chi connectivity index (χ1) is 15.3. The molecule has 3 rings (SSSR count). The molecule has 2 atom stereocenters. The van der Waals surface area contributed by atoms with Crippen LogP contribution in [0.25, 0.3) is 0 Å². The Kier molecular flexibility index (Phi) is 7.21.